The van der Waals surface area contributed by atoms with Crippen molar-refractivity contribution in [3.8, 4) is 0 Å². The number of thiazole rings is 1. The molecule has 2 aromatic rings. The minimum atomic E-state index is -0.0549. The lowest BCUT2D eigenvalue weighted by molar-refractivity contribution is -0.121. The van der Waals surface area contributed by atoms with Crippen LogP contribution in [0.25, 0.3) is 0 Å². The molecule has 0 aliphatic rings. The Balaban J connectivity index is 1.93. The van der Waals surface area contributed by atoms with Crippen LogP contribution in [-0.4, -0.2) is 10.9 Å². The fourth-order valence-electron chi connectivity index (χ4n) is 1.70. The molecule has 4 nitrogen and oxygen atoms in total. The summed E-state index contributed by atoms with van der Waals surface area (Å²) < 4.78 is 1.02. The molecule has 0 fully saturated rings. The van der Waals surface area contributed by atoms with Gasteiger partial charge in [-0.2, -0.15) is 0 Å². The van der Waals surface area contributed by atoms with Crippen molar-refractivity contribution in [3.05, 3.63) is 45.4 Å². The number of benzene rings is 1. The predicted octanol–water partition coefficient (Wildman–Crippen LogP) is 2.91. The van der Waals surface area contributed by atoms with E-state index in [2.05, 4.69) is 26.2 Å². The molecule has 100 valence electrons. The maximum atomic E-state index is 11.9. The predicted molar refractivity (Wildman–Crippen MR) is 80.9 cm³/mol. The zero-order valence-electron chi connectivity index (χ0n) is 10.4. The second-order valence-corrected chi connectivity index (χ2v) is 6.00. The van der Waals surface area contributed by atoms with Gasteiger partial charge in [0.15, 0.2) is 5.13 Å². The van der Waals surface area contributed by atoms with Gasteiger partial charge >= 0.3 is 0 Å². The van der Waals surface area contributed by atoms with E-state index in [9.17, 15) is 4.79 Å². The molecule has 1 atom stereocenters. The van der Waals surface area contributed by atoms with Crippen molar-refractivity contribution >= 4 is 38.3 Å². The minimum absolute atomic E-state index is 0.0309. The van der Waals surface area contributed by atoms with Crippen LogP contribution in [0.4, 0.5) is 5.13 Å². The molecule has 1 amide bonds. The van der Waals surface area contributed by atoms with Gasteiger partial charge in [0.05, 0.1) is 18.2 Å². The van der Waals surface area contributed by atoms with Crippen molar-refractivity contribution in [1.29, 1.82) is 0 Å². The Morgan fingerprint density at radius 3 is 2.74 bits per heavy atom. The second-order valence-electron chi connectivity index (χ2n) is 4.19. The van der Waals surface area contributed by atoms with Gasteiger partial charge in [-0.05, 0) is 24.6 Å². The third kappa shape index (κ3) is 4.04. The van der Waals surface area contributed by atoms with Crippen molar-refractivity contribution in [2.24, 2.45) is 0 Å². The minimum Gasteiger partial charge on any atom is -0.375 e. The number of hydrogen-bond donors (Lipinski definition) is 2. The molecule has 0 saturated heterocycles. The van der Waals surface area contributed by atoms with Gasteiger partial charge in [0.25, 0.3) is 0 Å². The highest BCUT2D eigenvalue weighted by atomic mass is 79.9. The topological polar surface area (TPSA) is 68.0 Å². The quantitative estimate of drug-likeness (QED) is 0.899. The molecule has 0 aliphatic heterocycles. The lowest BCUT2D eigenvalue weighted by atomic mass is 10.1. The Hall–Kier alpha value is -1.40. The van der Waals surface area contributed by atoms with E-state index in [-0.39, 0.29) is 18.4 Å². The fourth-order valence-corrected chi connectivity index (χ4v) is 2.52. The fraction of sp³-hybridized carbons (Fsp3) is 0.231. The van der Waals surface area contributed by atoms with Crippen LogP contribution in [0.15, 0.2) is 34.1 Å². The van der Waals surface area contributed by atoms with Gasteiger partial charge in [0.1, 0.15) is 0 Å². The maximum Gasteiger partial charge on any atom is 0.226 e. The SMILES string of the molecule is C[C@@H](NC(=O)Cc1csc(N)n1)c1ccc(Br)cc1. The number of nitrogens with one attached hydrogen (secondary N) is 1. The molecule has 0 bridgehead atoms. The Labute approximate surface area is 124 Å². The molecule has 1 aromatic heterocycles. The van der Waals surface area contributed by atoms with Gasteiger partial charge in [0, 0.05) is 9.85 Å². The summed E-state index contributed by atoms with van der Waals surface area (Å²) in [4.78, 5) is 15.9. The summed E-state index contributed by atoms with van der Waals surface area (Å²) in [5, 5.41) is 5.24. The number of nitrogens with zero attached hydrogens (tertiary/aromatic N) is 1. The highest BCUT2D eigenvalue weighted by molar-refractivity contribution is 9.10. The average molecular weight is 340 g/mol. The van der Waals surface area contributed by atoms with Crippen molar-refractivity contribution < 1.29 is 4.79 Å². The summed E-state index contributed by atoms with van der Waals surface area (Å²) in [6, 6.07) is 7.85. The Morgan fingerprint density at radius 1 is 1.47 bits per heavy atom. The highest BCUT2D eigenvalue weighted by Crippen LogP contribution is 2.17. The summed E-state index contributed by atoms with van der Waals surface area (Å²) in [7, 11) is 0. The first kappa shape index (κ1) is 14.0. The Kier molecular flexibility index (Phi) is 4.55. The van der Waals surface area contributed by atoms with E-state index >= 15 is 0 Å². The average Bonchev–Trinajstić information content (AvgIpc) is 2.75. The third-order valence-corrected chi connectivity index (χ3v) is 3.91. The number of carbonyl (C=O) groups is 1. The Bertz CT molecular complexity index is 568. The molecule has 0 radical (unpaired) electrons. The van der Waals surface area contributed by atoms with Crippen LogP contribution in [-0.2, 0) is 11.2 Å². The van der Waals surface area contributed by atoms with E-state index in [0.29, 0.717) is 10.8 Å². The van der Waals surface area contributed by atoms with Gasteiger partial charge in [-0.25, -0.2) is 4.98 Å². The van der Waals surface area contributed by atoms with Crippen molar-refractivity contribution in [3.63, 3.8) is 0 Å². The first-order valence-electron chi connectivity index (χ1n) is 5.79. The maximum absolute atomic E-state index is 11.9. The highest BCUT2D eigenvalue weighted by Gasteiger charge is 2.11. The van der Waals surface area contributed by atoms with Crippen LogP contribution in [0.1, 0.15) is 24.2 Å². The van der Waals surface area contributed by atoms with Gasteiger partial charge in [0.2, 0.25) is 5.91 Å². The molecule has 0 unspecified atom stereocenters. The molecular weight excluding hydrogens is 326 g/mol. The monoisotopic (exact) mass is 339 g/mol. The van der Waals surface area contributed by atoms with Gasteiger partial charge in [-0.1, -0.05) is 28.1 Å². The number of anilines is 1. The summed E-state index contributed by atoms with van der Waals surface area (Å²) >= 11 is 4.73. The second kappa shape index (κ2) is 6.16. The van der Waals surface area contributed by atoms with Crippen molar-refractivity contribution in [1.82, 2.24) is 10.3 Å². The summed E-state index contributed by atoms with van der Waals surface area (Å²) in [5.74, 6) is -0.0549. The van der Waals surface area contributed by atoms with Crippen LogP contribution in [0.3, 0.4) is 0 Å². The molecular formula is C13H14BrN3OS. The van der Waals surface area contributed by atoms with Crippen molar-refractivity contribution in [2.75, 3.05) is 5.73 Å². The van der Waals surface area contributed by atoms with Crippen LogP contribution >= 0.6 is 27.3 Å². The number of nitrogen functional groups attached to an aromatic ring is 1. The number of aromatic nitrogens is 1. The molecule has 2 rings (SSSR count). The Morgan fingerprint density at radius 2 is 2.16 bits per heavy atom. The van der Waals surface area contributed by atoms with Crippen LogP contribution in [0.2, 0.25) is 0 Å². The van der Waals surface area contributed by atoms with E-state index in [1.54, 1.807) is 5.38 Å². The molecule has 0 aliphatic carbocycles. The molecule has 0 spiro atoms. The van der Waals surface area contributed by atoms with Gasteiger partial charge in [-0.3, -0.25) is 4.79 Å². The number of halogens is 1. The van der Waals surface area contributed by atoms with E-state index in [1.165, 1.54) is 11.3 Å². The molecule has 1 heterocycles. The molecule has 6 heteroatoms. The number of hydrogen-bond acceptors (Lipinski definition) is 4. The number of amides is 1. The van der Waals surface area contributed by atoms with Gasteiger partial charge in [-0.15, -0.1) is 11.3 Å². The zero-order valence-corrected chi connectivity index (χ0v) is 12.8. The molecule has 1 aromatic carbocycles. The van der Waals surface area contributed by atoms with E-state index in [4.69, 9.17) is 5.73 Å². The normalized spacial score (nSPS) is 12.1. The first-order valence-corrected chi connectivity index (χ1v) is 7.46. The molecule has 19 heavy (non-hydrogen) atoms. The van der Waals surface area contributed by atoms with E-state index < -0.39 is 0 Å². The largest absolute Gasteiger partial charge is 0.375 e. The van der Waals surface area contributed by atoms with Crippen molar-refractivity contribution in [2.45, 2.75) is 19.4 Å². The smallest absolute Gasteiger partial charge is 0.226 e. The third-order valence-electron chi connectivity index (χ3n) is 2.66. The van der Waals surface area contributed by atoms with Crippen LogP contribution < -0.4 is 11.1 Å². The summed E-state index contributed by atoms with van der Waals surface area (Å²) in [6.07, 6.45) is 0.259. The molecule has 3 N–H and O–H groups in total. The van der Waals surface area contributed by atoms with E-state index in [1.807, 2.05) is 31.2 Å². The number of carbonyl (C=O) groups excluding carboxylic acids is 1. The number of rotatable bonds is 4. The lowest BCUT2D eigenvalue weighted by Gasteiger charge is -2.14. The summed E-state index contributed by atoms with van der Waals surface area (Å²) in [5.41, 5.74) is 7.31. The number of nitrogens with two attached hydrogens (primary N) is 1. The lowest BCUT2D eigenvalue weighted by Crippen LogP contribution is -2.28. The van der Waals surface area contributed by atoms with Gasteiger partial charge < -0.3 is 11.1 Å². The van der Waals surface area contributed by atoms with Crippen LogP contribution in [0.5, 0.6) is 0 Å². The summed E-state index contributed by atoms with van der Waals surface area (Å²) in [6.45, 7) is 1.95. The zero-order chi connectivity index (χ0) is 13.8. The molecule has 0 saturated carbocycles. The van der Waals surface area contributed by atoms with E-state index in [0.717, 1.165) is 10.0 Å². The first-order chi connectivity index (χ1) is 9.04. The van der Waals surface area contributed by atoms with Crippen LogP contribution in [0, 0.1) is 0 Å². The standard InChI is InChI=1S/C13H14BrN3OS/c1-8(9-2-4-10(14)5-3-9)16-12(18)6-11-7-19-13(15)17-11/h2-5,7-8H,6H2,1H3,(H2,15,17)(H,16,18)/t8-/m1/s1.